The fourth-order valence-electron chi connectivity index (χ4n) is 4.49. The molecule has 9 nitrogen and oxygen atoms in total. The van der Waals surface area contributed by atoms with Gasteiger partial charge in [0.2, 0.25) is 5.96 Å². The van der Waals surface area contributed by atoms with Gasteiger partial charge in [0.15, 0.2) is 12.2 Å². The Bertz CT molecular complexity index is 1260. The van der Waals surface area contributed by atoms with E-state index in [1.54, 1.807) is 37.3 Å². The molecule has 0 radical (unpaired) electrons. The van der Waals surface area contributed by atoms with Gasteiger partial charge in [0.1, 0.15) is 11.5 Å². The van der Waals surface area contributed by atoms with E-state index in [2.05, 4.69) is 0 Å². The van der Waals surface area contributed by atoms with Gasteiger partial charge in [-0.15, -0.1) is 0 Å². The summed E-state index contributed by atoms with van der Waals surface area (Å²) in [7, 11) is 3.15. The van der Waals surface area contributed by atoms with Crippen LogP contribution in [0, 0.1) is 0 Å². The molecule has 2 aromatic carbocycles. The summed E-state index contributed by atoms with van der Waals surface area (Å²) in [6.07, 6.45) is 1.10. The summed E-state index contributed by atoms with van der Waals surface area (Å²) in [5, 5.41) is 0.508. The number of guanidine groups is 1. The zero-order valence-corrected chi connectivity index (χ0v) is 19.6. The van der Waals surface area contributed by atoms with E-state index in [1.807, 2.05) is 41.4 Å². The second-order valence-electron chi connectivity index (χ2n) is 8.25. The molecule has 0 spiro atoms. The van der Waals surface area contributed by atoms with Gasteiger partial charge in [-0.3, -0.25) is 24.3 Å². The maximum atomic E-state index is 13.4. The minimum atomic E-state index is -0.800. The number of benzene rings is 2. The topological polar surface area (TPSA) is 85.8 Å². The molecule has 0 bridgehead atoms. The van der Waals surface area contributed by atoms with Crippen LogP contribution in [0.4, 0.5) is 10.5 Å². The fourth-order valence-corrected chi connectivity index (χ4v) is 4.66. The second kappa shape index (κ2) is 8.18. The Morgan fingerprint density at radius 3 is 2.56 bits per heavy atom. The van der Waals surface area contributed by atoms with Crippen molar-refractivity contribution < 1.29 is 19.1 Å². The van der Waals surface area contributed by atoms with E-state index in [4.69, 9.17) is 21.3 Å². The quantitative estimate of drug-likeness (QED) is 0.655. The lowest BCUT2D eigenvalue weighted by Crippen LogP contribution is -2.64. The number of methoxy groups -OCH3 is 1. The van der Waals surface area contributed by atoms with Crippen LogP contribution < -0.4 is 9.64 Å². The lowest BCUT2D eigenvalue weighted by molar-refractivity contribution is -0.139. The number of carbonyl (C=O) groups is 3. The Balaban J connectivity index is 1.65. The molecule has 2 aromatic rings. The highest BCUT2D eigenvalue weighted by Crippen LogP contribution is 2.43. The molecule has 34 heavy (non-hydrogen) atoms. The van der Waals surface area contributed by atoms with Crippen molar-refractivity contribution in [3.8, 4) is 5.75 Å². The normalized spacial score (nSPS) is 21.4. The molecule has 0 saturated carbocycles. The molecule has 0 aromatic heterocycles. The first-order valence-electron chi connectivity index (χ1n) is 10.7. The summed E-state index contributed by atoms with van der Waals surface area (Å²) in [6.45, 7) is 1.06. The third-order valence-corrected chi connectivity index (χ3v) is 6.28. The SMILES string of the molecule is COc1ccc(Cl)cc1N1C(c2ccccc2)=CN2C1=NC1C2C(=O)N(CC(C)=O)C(=O)N1C. The van der Waals surface area contributed by atoms with Gasteiger partial charge in [0.05, 0.1) is 25.0 Å². The molecule has 0 aliphatic carbocycles. The number of hydrogen-bond donors (Lipinski definition) is 0. The maximum Gasteiger partial charge on any atom is 0.328 e. The van der Waals surface area contributed by atoms with Crippen molar-refractivity contribution in [3.63, 3.8) is 0 Å². The van der Waals surface area contributed by atoms with Crippen LogP contribution in [0.1, 0.15) is 12.5 Å². The van der Waals surface area contributed by atoms with E-state index in [0.29, 0.717) is 22.4 Å². The molecule has 174 valence electrons. The number of aliphatic imine (C=N–C) groups is 1. The molecule has 2 unspecified atom stereocenters. The maximum absolute atomic E-state index is 13.4. The van der Waals surface area contributed by atoms with Gasteiger partial charge in [-0.05, 0) is 25.1 Å². The highest BCUT2D eigenvalue weighted by atomic mass is 35.5. The minimum absolute atomic E-state index is 0.278. The first-order valence-corrected chi connectivity index (χ1v) is 11.0. The van der Waals surface area contributed by atoms with E-state index in [0.717, 1.165) is 16.2 Å². The number of halogens is 1. The Morgan fingerprint density at radius 1 is 1.15 bits per heavy atom. The first-order chi connectivity index (χ1) is 16.3. The number of imide groups is 1. The van der Waals surface area contributed by atoms with Crippen LogP contribution in [-0.2, 0) is 9.59 Å². The van der Waals surface area contributed by atoms with E-state index in [1.165, 1.54) is 11.8 Å². The molecule has 0 N–H and O–H groups in total. The van der Waals surface area contributed by atoms with Crippen LogP contribution in [0.15, 0.2) is 59.7 Å². The molecule has 5 rings (SSSR count). The van der Waals surface area contributed by atoms with Gasteiger partial charge in [-0.25, -0.2) is 9.79 Å². The molecular weight excluding hydrogens is 458 g/mol. The Kier molecular flexibility index (Phi) is 5.28. The predicted octanol–water partition coefficient (Wildman–Crippen LogP) is 3.02. The molecular formula is C24H22ClN5O4. The van der Waals surface area contributed by atoms with Crippen molar-refractivity contribution >= 4 is 46.7 Å². The third kappa shape index (κ3) is 3.31. The molecule has 1 saturated heterocycles. The zero-order valence-electron chi connectivity index (χ0n) is 18.8. The predicted molar refractivity (Wildman–Crippen MR) is 127 cm³/mol. The van der Waals surface area contributed by atoms with Gasteiger partial charge < -0.3 is 9.64 Å². The fraction of sp³-hybridized carbons (Fsp3) is 0.250. The Labute approximate surface area is 201 Å². The van der Waals surface area contributed by atoms with Crippen molar-refractivity contribution in [1.29, 1.82) is 0 Å². The number of carbonyl (C=O) groups excluding carboxylic acids is 3. The van der Waals surface area contributed by atoms with Crippen LogP contribution in [0.5, 0.6) is 5.75 Å². The number of anilines is 1. The number of ether oxygens (including phenoxy) is 1. The summed E-state index contributed by atoms with van der Waals surface area (Å²) in [4.78, 5) is 48.8. The van der Waals surface area contributed by atoms with Crippen LogP contribution in [0.2, 0.25) is 5.02 Å². The van der Waals surface area contributed by atoms with Gasteiger partial charge in [0.25, 0.3) is 5.91 Å². The highest BCUT2D eigenvalue weighted by Gasteiger charge is 2.55. The zero-order chi connectivity index (χ0) is 24.1. The van der Waals surface area contributed by atoms with Crippen LogP contribution >= 0.6 is 11.6 Å². The number of urea groups is 1. The number of likely N-dealkylation sites (N-methyl/N-ethyl adjacent to an activating group) is 1. The van der Waals surface area contributed by atoms with Crippen LogP contribution in [-0.4, -0.2) is 71.3 Å². The lowest BCUT2D eigenvalue weighted by atomic mass is 10.1. The average molecular weight is 480 g/mol. The van der Waals surface area contributed by atoms with E-state index >= 15 is 0 Å². The van der Waals surface area contributed by atoms with E-state index in [9.17, 15) is 14.4 Å². The third-order valence-electron chi connectivity index (χ3n) is 6.04. The Morgan fingerprint density at radius 2 is 1.88 bits per heavy atom. The van der Waals surface area contributed by atoms with Crippen molar-refractivity contribution in [2.75, 3.05) is 25.6 Å². The highest BCUT2D eigenvalue weighted by molar-refractivity contribution is 6.31. The van der Waals surface area contributed by atoms with Gasteiger partial charge in [-0.1, -0.05) is 41.9 Å². The van der Waals surface area contributed by atoms with Gasteiger partial charge in [0, 0.05) is 23.8 Å². The number of ketones is 1. The molecule has 2 atom stereocenters. The molecule has 3 heterocycles. The molecule has 3 aliphatic rings. The monoisotopic (exact) mass is 479 g/mol. The summed E-state index contributed by atoms with van der Waals surface area (Å²) in [5.74, 6) is 0.289. The van der Waals surface area contributed by atoms with Gasteiger partial charge in [-0.2, -0.15) is 0 Å². The summed E-state index contributed by atoms with van der Waals surface area (Å²) >= 11 is 6.34. The summed E-state index contributed by atoms with van der Waals surface area (Å²) in [6, 6.07) is 13.6. The largest absolute Gasteiger partial charge is 0.495 e. The van der Waals surface area contributed by atoms with E-state index in [-0.39, 0.29) is 12.3 Å². The number of hydrogen-bond acceptors (Lipinski definition) is 7. The molecule has 10 heteroatoms. The van der Waals surface area contributed by atoms with Crippen LogP contribution in [0.3, 0.4) is 0 Å². The average Bonchev–Trinajstić information content (AvgIpc) is 3.37. The number of amides is 3. The molecule has 3 aliphatic heterocycles. The Hall–Kier alpha value is -3.85. The summed E-state index contributed by atoms with van der Waals surface area (Å²) < 4.78 is 5.61. The standard InChI is InChI=1S/C24H22ClN5O4/c1-14(31)12-29-22(32)20-21(27(2)24(29)33)26-23-28(20)13-18(15-7-5-4-6-8-15)30(23)17-11-16(25)9-10-19(17)34-3/h4-11,13,20-21H,12H2,1-3H3. The number of Topliss-reactive ketones (excluding diaryl/α,β-unsaturated/α-hetero) is 1. The van der Waals surface area contributed by atoms with Crippen LogP contribution in [0.25, 0.3) is 5.70 Å². The second-order valence-corrected chi connectivity index (χ2v) is 8.68. The van der Waals surface area contributed by atoms with Crippen molar-refractivity contribution in [2.24, 2.45) is 4.99 Å². The minimum Gasteiger partial charge on any atom is -0.495 e. The van der Waals surface area contributed by atoms with E-state index < -0.39 is 24.1 Å². The molecule has 3 amide bonds. The van der Waals surface area contributed by atoms with Gasteiger partial charge >= 0.3 is 6.03 Å². The first kappa shape index (κ1) is 22.0. The summed E-state index contributed by atoms with van der Waals surface area (Å²) in [5.41, 5.74) is 2.31. The number of fused-ring (bicyclic) bond motifs is 3. The number of rotatable bonds is 5. The van der Waals surface area contributed by atoms with Crippen molar-refractivity contribution in [2.45, 2.75) is 19.1 Å². The van der Waals surface area contributed by atoms with Crippen molar-refractivity contribution in [3.05, 3.63) is 65.3 Å². The van der Waals surface area contributed by atoms with Crippen molar-refractivity contribution in [1.82, 2.24) is 14.7 Å². The smallest absolute Gasteiger partial charge is 0.328 e. The molecule has 1 fully saturated rings. The number of nitrogens with zero attached hydrogens (tertiary/aromatic N) is 5. The lowest BCUT2D eigenvalue weighted by Gasteiger charge is -2.39.